The van der Waals surface area contributed by atoms with Crippen LogP contribution < -0.4 is 5.32 Å². The van der Waals surface area contributed by atoms with Gasteiger partial charge in [-0.15, -0.1) is 0 Å². The Hall–Kier alpha value is -1.16. The molecule has 0 saturated carbocycles. The quantitative estimate of drug-likeness (QED) is 0.0203. The van der Waals surface area contributed by atoms with Gasteiger partial charge in [0.1, 0.15) is 24.4 Å². The van der Waals surface area contributed by atoms with Crippen molar-refractivity contribution in [2.75, 3.05) is 13.2 Å². The molecule has 12 nitrogen and oxygen atoms in total. The van der Waals surface area contributed by atoms with Crippen LogP contribution in [0.4, 0.5) is 0 Å². The smallest absolute Gasteiger partial charge is 0.394 e. The van der Waals surface area contributed by atoms with Crippen molar-refractivity contribution in [3.05, 3.63) is 12.2 Å². The number of hydrogen-bond acceptors (Lipinski definition) is 10. The van der Waals surface area contributed by atoms with E-state index in [0.717, 1.165) is 64.2 Å². The Balaban J connectivity index is 2.51. The summed E-state index contributed by atoms with van der Waals surface area (Å²) in [5.41, 5.74) is 0. The lowest BCUT2D eigenvalue weighted by molar-refractivity contribution is -0.298. The summed E-state index contributed by atoms with van der Waals surface area (Å²) in [5, 5.41) is 44.7. The van der Waals surface area contributed by atoms with Crippen molar-refractivity contribution < 1.29 is 51.8 Å². The number of allylic oxidation sites excluding steroid dienone is 2. The fourth-order valence-corrected chi connectivity index (χ4v) is 7.60. The maximum atomic E-state index is 13.0. The minimum atomic E-state index is -5.07. The predicted molar refractivity (Wildman–Crippen MR) is 218 cm³/mol. The highest BCUT2D eigenvalue weighted by Crippen LogP contribution is 2.26. The maximum Gasteiger partial charge on any atom is 0.397 e. The molecule has 1 aliphatic heterocycles. The summed E-state index contributed by atoms with van der Waals surface area (Å²) in [6, 6.07) is -0.857. The largest absolute Gasteiger partial charge is 0.397 e. The van der Waals surface area contributed by atoms with Crippen LogP contribution >= 0.6 is 0 Å². The van der Waals surface area contributed by atoms with E-state index in [0.29, 0.717) is 12.8 Å². The number of hydrogen-bond donors (Lipinski definition) is 6. The predicted octanol–water partition coefficient (Wildman–Crippen LogP) is 7.99. The topological polar surface area (TPSA) is 192 Å². The van der Waals surface area contributed by atoms with E-state index in [4.69, 9.17) is 14.0 Å². The van der Waals surface area contributed by atoms with E-state index in [-0.39, 0.29) is 18.9 Å². The average Bonchev–Trinajstić information content (AvgIpc) is 3.15. The van der Waals surface area contributed by atoms with Crippen molar-refractivity contribution in [2.45, 2.75) is 236 Å². The molecular weight excluding hydrogens is 727 g/mol. The van der Waals surface area contributed by atoms with E-state index in [1.54, 1.807) is 0 Å². The van der Waals surface area contributed by atoms with Gasteiger partial charge in [0.2, 0.25) is 5.91 Å². The fraction of sp³-hybridized carbons (Fsp3) is 0.929. The summed E-state index contributed by atoms with van der Waals surface area (Å²) < 4.78 is 47.5. The monoisotopic (exact) mass is 808 g/mol. The third-order valence-corrected chi connectivity index (χ3v) is 11.0. The molecule has 1 saturated heterocycles. The molecule has 13 heteroatoms. The fourth-order valence-electron chi connectivity index (χ4n) is 7.09. The molecule has 0 aromatic rings. The van der Waals surface area contributed by atoms with E-state index in [1.165, 1.54) is 96.3 Å². The highest BCUT2D eigenvalue weighted by Gasteiger charge is 2.48. The third kappa shape index (κ3) is 27.2. The van der Waals surface area contributed by atoms with Crippen LogP contribution in [0.5, 0.6) is 0 Å². The molecule has 0 spiro atoms. The van der Waals surface area contributed by atoms with Crippen LogP contribution in [0, 0.1) is 0 Å². The number of amides is 1. The molecule has 6 N–H and O–H groups in total. The molecule has 1 amide bonds. The number of aliphatic hydroxyl groups is 4. The lowest BCUT2D eigenvalue weighted by atomic mass is 9.99. The second kappa shape index (κ2) is 33.8. The van der Waals surface area contributed by atoms with Gasteiger partial charge in [-0.05, 0) is 32.1 Å². The SMILES string of the molecule is CCCC/C=C\CCCCCCCC(=O)NC(COC1OC(CO)C(O)C(OS(=O)(=O)O)C1O)C(O)CCCCCCCCCCCCCCCCCCC. The normalized spacial score (nSPS) is 21.6. The van der Waals surface area contributed by atoms with Gasteiger partial charge in [-0.2, -0.15) is 8.42 Å². The Morgan fingerprint density at radius 1 is 0.709 bits per heavy atom. The minimum Gasteiger partial charge on any atom is -0.394 e. The first-order chi connectivity index (χ1) is 26.5. The van der Waals surface area contributed by atoms with Crippen molar-refractivity contribution >= 4 is 16.3 Å². The van der Waals surface area contributed by atoms with Gasteiger partial charge in [0.25, 0.3) is 0 Å². The number of carbonyl (C=O) groups excluding carboxylic acids is 1. The lowest BCUT2D eigenvalue weighted by Gasteiger charge is -2.41. The molecule has 0 radical (unpaired) electrons. The second-order valence-corrected chi connectivity index (χ2v) is 16.7. The van der Waals surface area contributed by atoms with Crippen LogP contribution in [-0.4, -0.2) is 95.4 Å². The van der Waals surface area contributed by atoms with Crippen LogP contribution in [0.25, 0.3) is 0 Å². The lowest BCUT2D eigenvalue weighted by Crippen LogP contribution is -2.61. The number of aliphatic hydroxyl groups excluding tert-OH is 4. The zero-order chi connectivity index (χ0) is 40.6. The highest BCUT2D eigenvalue weighted by molar-refractivity contribution is 7.80. The number of unbranched alkanes of at least 4 members (excludes halogenated alkanes) is 23. The molecule has 0 aromatic carbocycles. The Morgan fingerprint density at radius 2 is 1.18 bits per heavy atom. The first-order valence-corrected chi connectivity index (χ1v) is 23.4. The van der Waals surface area contributed by atoms with Gasteiger partial charge in [-0.1, -0.05) is 167 Å². The molecule has 55 heavy (non-hydrogen) atoms. The summed E-state index contributed by atoms with van der Waals surface area (Å²) in [7, 11) is -5.07. The van der Waals surface area contributed by atoms with Crippen LogP contribution in [0.15, 0.2) is 12.2 Å². The van der Waals surface area contributed by atoms with Crippen molar-refractivity contribution in [3.63, 3.8) is 0 Å². The van der Waals surface area contributed by atoms with Crippen molar-refractivity contribution in [3.8, 4) is 0 Å². The molecule has 0 bridgehead atoms. The minimum absolute atomic E-state index is 0.240. The van der Waals surface area contributed by atoms with Crippen molar-refractivity contribution in [2.24, 2.45) is 0 Å². The van der Waals surface area contributed by atoms with Gasteiger partial charge >= 0.3 is 10.4 Å². The average molecular weight is 808 g/mol. The maximum absolute atomic E-state index is 13.0. The molecule has 1 fully saturated rings. The van der Waals surface area contributed by atoms with E-state index >= 15 is 0 Å². The third-order valence-electron chi connectivity index (χ3n) is 10.6. The first-order valence-electron chi connectivity index (χ1n) is 22.1. The molecule has 0 aliphatic carbocycles. The molecule has 0 aromatic heterocycles. The molecule has 1 heterocycles. The number of carbonyl (C=O) groups is 1. The van der Waals surface area contributed by atoms with Gasteiger partial charge in [-0.3, -0.25) is 9.35 Å². The summed E-state index contributed by atoms with van der Waals surface area (Å²) in [5.74, 6) is -0.240. The van der Waals surface area contributed by atoms with Crippen molar-refractivity contribution in [1.82, 2.24) is 5.32 Å². The van der Waals surface area contributed by atoms with Crippen LogP contribution in [0.1, 0.15) is 194 Å². The molecule has 326 valence electrons. The number of rotatable bonds is 37. The zero-order valence-electron chi connectivity index (χ0n) is 34.5. The van der Waals surface area contributed by atoms with E-state index in [9.17, 15) is 33.6 Å². The highest BCUT2D eigenvalue weighted by atomic mass is 32.3. The Labute approximate surface area is 334 Å². The zero-order valence-corrected chi connectivity index (χ0v) is 35.3. The Morgan fingerprint density at radius 3 is 1.69 bits per heavy atom. The Kier molecular flexibility index (Phi) is 31.8. The summed E-state index contributed by atoms with van der Waals surface area (Å²) in [6.07, 6.45) is 26.5. The van der Waals surface area contributed by atoms with Crippen LogP contribution in [0.2, 0.25) is 0 Å². The van der Waals surface area contributed by atoms with Crippen LogP contribution in [0.3, 0.4) is 0 Å². The molecule has 1 aliphatic rings. The Bertz CT molecular complexity index is 1050. The van der Waals surface area contributed by atoms with Gasteiger partial charge in [0.15, 0.2) is 6.29 Å². The second-order valence-electron chi connectivity index (χ2n) is 15.6. The first kappa shape index (κ1) is 51.9. The van der Waals surface area contributed by atoms with E-state index in [1.807, 2.05) is 0 Å². The summed E-state index contributed by atoms with van der Waals surface area (Å²) in [6.45, 7) is 3.39. The molecule has 7 unspecified atom stereocenters. The molecule has 7 atom stereocenters. The van der Waals surface area contributed by atoms with Gasteiger partial charge in [-0.25, -0.2) is 4.18 Å². The van der Waals surface area contributed by atoms with Crippen molar-refractivity contribution in [1.29, 1.82) is 0 Å². The number of nitrogens with one attached hydrogen (secondary N) is 1. The molecule has 1 rings (SSSR count). The van der Waals surface area contributed by atoms with E-state index < -0.39 is 59.9 Å². The summed E-state index contributed by atoms with van der Waals surface area (Å²) in [4.78, 5) is 13.0. The number of ether oxygens (including phenoxy) is 2. The van der Waals surface area contributed by atoms with Crippen LogP contribution in [-0.2, 0) is 28.9 Å². The van der Waals surface area contributed by atoms with Gasteiger partial charge in [0.05, 0.1) is 25.4 Å². The summed E-state index contributed by atoms with van der Waals surface area (Å²) >= 11 is 0. The molecular formula is C42H81NO11S. The standard InChI is InChI=1S/C42H81NO11S/c1-3-5-7-9-11-13-15-16-17-18-19-20-22-23-25-27-29-31-36(45)35(43-38(46)32-30-28-26-24-21-14-12-10-8-6-4-2)34-52-42-40(48)41(54-55(49,50)51)39(47)37(33-44)53-42/h10,12,35-37,39-42,44-45,47-48H,3-9,11,13-34H2,1-2H3,(H,43,46)(H,49,50,51)/b12-10-. The van der Waals surface area contributed by atoms with E-state index in [2.05, 4.69) is 35.5 Å². The van der Waals surface area contributed by atoms with Gasteiger partial charge < -0.3 is 35.2 Å². The van der Waals surface area contributed by atoms with Gasteiger partial charge in [0, 0.05) is 6.42 Å².